The first-order chi connectivity index (χ1) is 9.97. The molecule has 0 atom stereocenters. The zero-order valence-corrected chi connectivity index (χ0v) is 14.0. The van der Waals surface area contributed by atoms with Crippen molar-refractivity contribution < 1.29 is 13.2 Å². The van der Waals surface area contributed by atoms with Gasteiger partial charge < -0.3 is 5.32 Å². The van der Waals surface area contributed by atoms with Gasteiger partial charge >= 0.3 is 0 Å². The van der Waals surface area contributed by atoms with Gasteiger partial charge in [0, 0.05) is 10.5 Å². The average molecular weight is 375 g/mol. The van der Waals surface area contributed by atoms with Gasteiger partial charge in [0.15, 0.2) is 0 Å². The van der Waals surface area contributed by atoms with Crippen molar-refractivity contribution in [3.8, 4) is 0 Å². The number of benzene rings is 1. The van der Waals surface area contributed by atoms with Gasteiger partial charge in [0.1, 0.15) is 0 Å². The van der Waals surface area contributed by atoms with Crippen LogP contribution in [0.25, 0.3) is 0 Å². The Morgan fingerprint density at radius 3 is 2.62 bits per heavy atom. The highest BCUT2D eigenvalue weighted by Crippen LogP contribution is 2.17. The molecule has 1 aromatic carbocycles. The highest BCUT2D eigenvalue weighted by atomic mass is 79.9. The molecule has 2 N–H and O–H groups in total. The predicted molar refractivity (Wildman–Crippen MR) is 84.3 cm³/mol. The Morgan fingerprint density at radius 1 is 1.24 bits per heavy atom. The van der Waals surface area contributed by atoms with E-state index < -0.39 is 10.0 Å². The lowest BCUT2D eigenvalue weighted by Crippen LogP contribution is -2.42. The van der Waals surface area contributed by atoms with Crippen LogP contribution in [0.2, 0.25) is 0 Å². The molecular formula is C14H19BrN2O3S. The van der Waals surface area contributed by atoms with Gasteiger partial charge in [-0.05, 0) is 31.0 Å². The minimum atomic E-state index is -3.66. The highest BCUT2D eigenvalue weighted by Gasteiger charge is 2.18. The Labute approximate surface area is 133 Å². The summed E-state index contributed by atoms with van der Waals surface area (Å²) < 4.78 is 27.1. The second kappa shape index (κ2) is 7.38. The molecule has 1 fully saturated rings. The van der Waals surface area contributed by atoms with Gasteiger partial charge in [-0.25, -0.2) is 13.1 Å². The van der Waals surface area contributed by atoms with Crippen molar-refractivity contribution in [1.29, 1.82) is 0 Å². The van der Waals surface area contributed by atoms with Crippen molar-refractivity contribution in [2.24, 2.45) is 0 Å². The third kappa shape index (κ3) is 5.09. The Morgan fingerprint density at radius 2 is 1.95 bits per heavy atom. The van der Waals surface area contributed by atoms with Crippen molar-refractivity contribution >= 4 is 31.9 Å². The standard InChI is InChI=1S/C14H19BrN2O3S/c15-11-5-4-8-13(9-11)21(19,20)16-10-14(18)17-12-6-2-1-3-7-12/h4-5,8-9,12,16H,1-3,6-7,10H2,(H,17,18). The predicted octanol–water partition coefficient (Wildman–Crippen LogP) is 2.18. The maximum Gasteiger partial charge on any atom is 0.241 e. The number of halogens is 1. The van der Waals surface area contributed by atoms with Crippen molar-refractivity contribution in [2.75, 3.05) is 6.54 Å². The van der Waals surface area contributed by atoms with E-state index in [9.17, 15) is 13.2 Å². The Hall–Kier alpha value is -0.920. The molecule has 0 radical (unpaired) electrons. The van der Waals surface area contributed by atoms with E-state index in [1.165, 1.54) is 18.6 Å². The maximum absolute atomic E-state index is 12.1. The Balaban J connectivity index is 1.87. The van der Waals surface area contributed by atoms with Gasteiger partial charge in [0.25, 0.3) is 0 Å². The van der Waals surface area contributed by atoms with Crippen LogP contribution in [-0.2, 0) is 14.8 Å². The summed E-state index contributed by atoms with van der Waals surface area (Å²) in [4.78, 5) is 11.9. The van der Waals surface area contributed by atoms with Crippen LogP contribution in [0, 0.1) is 0 Å². The lowest BCUT2D eigenvalue weighted by atomic mass is 9.95. The molecule has 7 heteroatoms. The van der Waals surface area contributed by atoms with Crippen molar-refractivity contribution in [3.05, 3.63) is 28.7 Å². The van der Waals surface area contributed by atoms with Crippen LogP contribution in [0.4, 0.5) is 0 Å². The number of sulfonamides is 1. The largest absolute Gasteiger partial charge is 0.352 e. The quantitative estimate of drug-likeness (QED) is 0.829. The normalized spacial score (nSPS) is 16.6. The zero-order chi connectivity index (χ0) is 15.3. The summed E-state index contributed by atoms with van der Waals surface area (Å²) in [5.74, 6) is -0.277. The molecule has 1 amide bonds. The molecule has 0 aromatic heterocycles. The summed E-state index contributed by atoms with van der Waals surface area (Å²) in [6.07, 6.45) is 5.40. The molecule has 0 spiro atoms. The molecular weight excluding hydrogens is 356 g/mol. The summed E-state index contributed by atoms with van der Waals surface area (Å²) in [5, 5.41) is 2.88. The fourth-order valence-electron chi connectivity index (χ4n) is 2.40. The van der Waals surface area contributed by atoms with Gasteiger partial charge in [-0.2, -0.15) is 0 Å². The summed E-state index contributed by atoms with van der Waals surface area (Å²) >= 11 is 3.23. The van der Waals surface area contributed by atoms with Gasteiger partial charge in [-0.3, -0.25) is 4.79 Å². The van der Waals surface area contributed by atoms with Crippen LogP contribution >= 0.6 is 15.9 Å². The van der Waals surface area contributed by atoms with Crippen LogP contribution in [0.1, 0.15) is 32.1 Å². The van der Waals surface area contributed by atoms with E-state index in [0.717, 1.165) is 25.7 Å². The van der Waals surface area contributed by atoms with E-state index >= 15 is 0 Å². The number of carbonyl (C=O) groups excluding carboxylic acids is 1. The van der Waals surface area contributed by atoms with Crippen molar-refractivity contribution in [3.63, 3.8) is 0 Å². The van der Waals surface area contributed by atoms with Crippen molar-refractivity contribution in [2.45, 2.75) is 43.0 Å². The second-order valence-electron chi connectivity index (χ2n) is 5.18. The van der Waals surface area contributed by atoms with Gasteiger partial charge in [-0.1, -0.05) is 41.3 Å². The third-order valence-electron chi connectivity index (χ3n) is 3.50. The van der Waals surface area contributed by atoms with E-state index in [1.54, 1.807) is 12.1 Å². The highest BCUT2D eigenvalue weighted by molar-refractivity contribution is 9.10. The maximum atomic E-state index is 12.1. The van der Waals surface area contributed by atoms with E-state index in [4.69, 9.17) is 0 Å². The van der Waals surface area contributed by atoms with E-state index in [-0.39, 0.29) is 23.4 Å². The molecule has 0 bridgehead atoms. The minimum Gasteiger partial charge on any atom is -0.352 e. The Bertz CT molecular complexity index is 598. The fraction of sp³-hybridized carbons (Fsp3) is 0.500. The molecule has 21 heavy (non-hydrogen) atoms. The number of hydrogen-bond acceptors (Lipinski definition) is 3. The van der Waals surface area contributed by atoms with Gasteiger partial charge in [-0.15, -0.1) is 0 Å². The van der Waals surface area contributed by atoms with E-state index in [1.807, 2.05) is 0 Å². The molecule has 1 aromatic rings. The third-order valence-corrected chi connectivity index (χ3v) is 5.39. The summed E-state index contributed by atoms with van der Waals surface area (Å²) in [6.45, 7) is -0.231. The lowest BCUT2D eigenvalue weighted by Gasteiger charge is -2.22. The van der Waals surface area contributed by atoms with Crippen LogP contribution in [0.5, 0.6) is 0 Å². The molecule has 2 rings (SSSR count). The van der Waals surface area contributed by atoms with E-state index in [0.29, 0.717) is 4.47 Å². The lowest BCUT2D eigenvalue weighted by molar-refractivity contribution is -0.120. The van der Waals surface area contributed by atoms with Crippen LogP contribution in [0.3, 0.4) is 0 Å². The number of nitrogens with one attached hydrogen (secondary N) is 2. The molecule has 0 saturated heterocycles. The monoisotopic (exact) mass is 374 g/mol. The van der Waals surface area contributed by atoms with E-state index in [2.05, 4.69) is 26.0 Å². The molecule has 5 nitrogen and oxygen atoms in total. The smallest absolute Gasteiger partial charge is 0.241 e. The fourth-order valence-corrected chi connectivity index (χ4v) is 3.98. The first-order valence-corrected chi connectivity index (χ1v) is 9.29. The molecule has 1 saturated carbocycles. The van der Waals surface area contributed by atoms with Crippen LogP contribution in [-0.4, -0.2) is 26.9 Å². The average Bonchev–Trinajstić information content (AvgIpc) is 2.46. The second-order valence-corrected chi connectivity index (χ2v) is 7.87. The molecule has 116 valence electrons. The first-order valence-electron chi connectivity index (χ1n) is 7.02. The van der Waals surface area contributed by atoms with Gasteiger partial charge in [0.05, 0.1) is 11.4 Å². The SMILES string of the molecule is O=C(CNS(=O)(=O)c1cccc(Br)c1)NC1CCCCC1. The Kier molecular flexibility index (Phi) is 5.78. The van der Waals surface area contributed by atoms with Gasteiger partial charge in [0.2, 0.25) is 15.9 Å². The first kappa shape index (κ1) is 16.5. The molecule has 0 unspecified atom stereocenters. The molecule has 0 aliphatic heterocycles. The summed E-state index contributed by atoms with van der Waals surface area (Å²) in [5.41, 5.74) is 0. The number of rotatable bonds is 5. The zero-order valence-electron chi connectivity index (χ0n) is 11.6. The van der Waals surface area contributed by atoms with Crippen LogP contribution < -0.4 is 10.0 Å². The molecule has 0 heterocycles. The number of amides is 1. The summed E-state index contributed by atoms with van der Waals surface area (Å²) in [7, 11) is -3.66. The topological polar surface area (TPSA) is 75.3 Å². The number of hydrogen-bond donors (Lipinski definition) is 2. The molecule has 1 aliphatic rings. The number of carbonyl (C=O) groups is 1. The molecule has 1 aliphatic carbocycles. The van der Waals surface area contributed by atoms with Crippen LogP contribution in [0.15, 0.2) is 33.6 Å². The summed E-state index contributed by atoms with van der Waals surface area (Å²) in [6, 6.07) is 6.56. The van der Waals surface area contributed by atoms with Crippen molar-refractivity contribution in [1.82, 2.24) is 10.0 Å². The minimum absolute atomic E-state index is 0.141.